The van der Waals surface area contributed by atoms with E-state index in [2.05, 4.69) is 26.2 Å². The zero-order valence-corrected chi connectivity index (χ0v) is 12.7. The molecule has 0 saturated carbocycles. The summed E-state index contributed by atoms with van der Waals surface area (Å²) in [6.07, 6.45) is -0.550. The Morgan fingerprint density at radius 3 is 3.00 bits per heavy atom. The Bertz CT molecular complexity index is 493. The fourth-order valence-electron chi connectivity index (χ4n) is 1.50. The molecule has 0 spiro atoms. The summed E-state index contributed by atoms with van der Waals surface area (Å²) in [7, 11) is 0. The molecule has 0 aliphatic heterocycles. The summed E-state index contributed by atoms with van der Waals surface area (Å²) < 4.78 is 6.42. The van der Waals surface area contributed by atoms with Crippen LogP contribution >= 0.6 is 27.3 Å². The quantitative estimate of drug-likeness (QED) is 0.811. The zero-order chi connectivity index (χ0) is 13.5. The second kappa shape index (κ2) is 7.59. The van der Waals surface area contributed by atoms with Crippen LogP contribution in [-0.4, -0.2) is 29.3 Å². The minimum Gasteiger partial charge on any atom is -0.490 e. The number of para-hydroxylation sites is 1. The topological polar surface area (TPSA) is 54.4 Å². The number of benzene rings is 1. The number of aliphatic hydroxyl groups excluding tert-OH is 1. The molecule has 6 heteroatoms. The summed E-state index contributed by atoms with van der Waals surface area (Å²) in [5.74, 6) is 0.737. The smallest absolute Gasteiger partial charge is 0.133 e. The molecular weight excluding hydrogens is 328 g/mol. The van der Waals surface area contributed by atoms with Crippen LogP contribution in [0, 0.1) is 0 Å². The van der Waals surface area contributed by atoms with Gasteiger partial charge in [-0.2, -0.15) is 0 Å². The van der Waals surface area contributed by atoms with Crippen molar-refractivity contribution in [2.45, 2.75) is 12.6 Å². The Hall–Kier alpha value is -0.950. The minimum absolute atomic E-state index is 0.257. The van der Waals surface area contributed by atoms with Gasteiger partial charge in [0, 0.05) is 18.5 Å². The Morgan fingerprint density at radius 1 is 1.42 bits per heavy atom. The summed E-state index contributed by atoms with van der Waals surface area (Å²) in [4.78, 5) is 4.16. The molecule has 1 aromatic carbocycles. The molecule has 1 heterocycles. The summed E-state index contributed by atoms with van der Waals surface area (Å²) in [6.45, 7) is 1.39. The predicted molar refractivity (Wildman–Crippen MR) is 79.5 cm³/mol. The van der Waals surface area contributed by atoms with E-state index in [1.54, 1.807) is 16.8 Å². The van der Waals surface area contributed by atoms with Crippen LogP contribution in [0.15, 0.2) is 39.6 Å². The van der Waals surface area contributed by atoms with Crippen LogP contribution in [0.2, 0.25) is 0 Å². The van der Waals surface area contributed by atoms with Crippen LogP contribution in [-0.2, 0) is 6.54 Å². The van der Waals surface area contributed by atoms with Crippen LogP contribution in [0.25, 0.3) is 0 Å². The van der Waals surface area contributed by atoms with Crippen molar-refractivity contribution in [3.63, 3.8) is 0 Å². The molecule has 2 aromatic rings. The van der Waals surface area contributed by atoms with Crippen molar-refractivity contribution >= 4 is 27.3 Å². The first-order chi connectivity index (χ1) is 9.25. The lowest BCUT2D eigenvalue weighted by molar-refractivity contribution is 0.105. The van der Waals surface area contributed by atoms with Crippen LogP contribution < -0.4 is 10.1 Å². The summed E-state index contributed by atoms with van der Waals surface area (Å²) >= 11 is 4.96. The maximum atomic E-state index is 9.81. The molecule has 0 radical (unpaired) electrons. The van der Waals surface area contributed by atoms with E-state index in [9.17, 15) is 5.11 Å². The molecule has 0 aliphatic carbocycles. The van der Waals surface area contributed by atoms with Gasteiger partial charge in [-0.1, -0.05) is 12.1 Å². The molecule has 0 bridgehead atoms. The molecule has 1 atom stereocenters. The van der Waals surface area contributed by atoms with Gasteiger partial charge >= 0.3 is 0 Å². The highest BCUT2D eigenvalue weighted by atomic mass is 79.9. The largest absolute Gasteiger partial charge is 0.490 e. The van der Waals surface area contributed by atoms with Gasteiger partial charge < -0.3 is 15.2 Å². The lowest BCUT2D eigenvalue weighted by Gasteiger charge is -2.13. The first-order valence-electron chi connectivity index (χ1n) is 5.89. The lowest BCUT2D eigenvalue weighted by Crippen LogP contribution is -2.31. The third-order valence-electron chi connectivity index (χ3n) is 2.44. The Morgan fingerprint density at radius 2 is 2.26 bits per heavy atom. The number of hydrogen-bond acceptors (Lipinski definition) is 5. The lowest BCUT2D eigenvalue weighted by atomic mass is 10.3. The van der Waals surface area contributed by atoms with Gasteiger partial charge in [0.25, 0.3) is 0 Å². The number of halogens is 1. The van der Waals surface area contributed by atoms with E-state index >= 15 is 0 Å². The van der Waals surface area contributed by atoms with Gasteiger partial charge in [-0.05, 0) is 28.1 Å². The summed E-state index contributed by atoms with van der Waals surface area (Å²) in [6, 6.07) is 7.58. The van der Waals surface area contributed by atoms with E-state index < -0.39 is 6.10 Å². The van der Waals surface area contributed by atoms with Gasteiger partial charge in [0.05, 0.1) is 15.7 Å². The van der Waals surface area contributed by atoms with E-state index in [-0.39, 0.29) is 6.61 Å². The number of nitrogens with zero attached hydrogens (tertiary/aromatic N) is 1. The molecule has 102 valence electrons. The van der Waals surface area contributed by atoms with Gasteiger partial charge in [-0.3, -0.25) is 0 Å². The highest BCUT2D eigenvalue weighted by molar-refractivity contribution is 9.10. The van der Waals surface area contributed by atoms with Gasteiger partial charge in [0.1, 0.15) is 18.5 Å². The van der Waals surface area contributed by atoms with Crippen molar-refractivity contribution < 1.29 is 9.84 Å². The van der Waals surface area contributed by atoms with E-state index in [0.717, 1.165) is 15.9 Å². The number of rotatable bonds is 7. The van der Waals surface area contributed by atoms with Gasteiger partial charge in [-0.15, -0.1) is 11.3 Å². The Labute approximate surface area is 124 Å². The maximum absolute atomic E-state index is 9.81. The van der Waals surface area contributed by atoms with E-state index in [1.165, 1.54) is 0 Å². The number of aromatic nitrogens is 1. The predicted octanol–water partition coefficient (Wildman–Crippen LogP) is 2.44. The van der Waals surface area contributed by atoms with Crippen molar-refractivity contribution in [2.24, 2.45) is 0 Å². The van der Waals surface area contributed by atoms with Gasteiger partial charge in [0.2, 0.25) is 0 Å². The van der Waals surface area contributed by atoms with Crippen LogP contribution in [0.4, 0.5) is 0 Å². The molecule has 0 aliphatic rings. The molecule has 1 aromatic heterocycles. The van der Waals surface area contributed by atoms with Crippen molar-refractivity contribution in [3.8, 4) is 5.75 Å². The second-order valence-corrected chi connectivity index (χ2v) is 5.58. The number of thiazole rings is 1. The highest BCUT2D eigenvalue weighted by Crippen LogP contribution is 2.23. The number of aliphatic hydroxyl groups is 1. The van der Waals surface area contributed by atoms with Crippen molar-refractivity contribution in [3.05, 3.63) is 45.3 Å². The minimum atomic E-state index is -0.550. The molecule has 2 rings (SSSR count). The first kappa shape index (κ1) is 14.5. The SMILES string of the molecule is OC(CNCc1cscn1)COc1ccccc1Br. The van der Waals surface area contributed by atoms with Crippen LogP contribution in [0.1, 0.15) is 5.69 Å². The molecular formula is C13H15BrN2O2S. The molecule has 0 fully saturated rings. The molecule has 19 heavy (non-hydrogen) atoms. The van der Waals surface area contributed by atoms with Crippen molar-refractivity contribution in [1.82, 2.24) is 10.3 Å². The number of hydrogen-bond donors (Lipinski definition) is 2. The summed E-state index contributed by atoms with van der Waals surface area (Å²) in [5, 5.41) is 14.9. The maximum Gasteiger partial charge on any atom is 0.133 e. The third kappa shape index (κ3) is 4.91. The second-order valence-electron chi connectivity index (χ2n) is 4.01. The highest BCUT2D eigenvalue weighted by Gasteiger charge is 2.06. The molecule has 4 nitrogen and oxygen atoms in total. The Kier molecular flexibility index (Phi) is 5.78. The number of nitrogens with one attached hydrogen (secondary N) is 1. The van der Waals surface area contributed by atoms with E-state index in [1.807, 2.05) is 29.6 Å². The van der Waals surface area contributed by atoms with Gasteiger partial charge in [-0.25, -0.2) is 4.98 Å². The van der Waals surface area contributed by atoms with E-state index in [4.69, 9.17) is 4.74 Å². The number of ether oxygens (including phenoxy) is 1. The van der Waals surface area contributed by atoms with Crippen LogP contribution in [0.5, 0.6) is 5.75 Å². The standard InChI is InChI=1S/C13H15BrN2O2S/c14-12-3-1-2-4-13(12)18-7-11(17)6-15-5-10-8-19-9-16-10/h1-4,8-9,11,15,17H,5-7H2. The van der Waals surface area contributed by atoms with Gasteiger partial charge in [0.15, 0.2) is 0 Å². The first-order valence-corrected chi connectivity index (χ1v) is 7.62. The fraction of sp³-hybridized carbons (Fsp3) is 0.308. The fourth-order valence-corrected chi connectivity index (χ4v) is 2.46. The zero-order valence-electron chi connectivity index (χ0n) is 10.3. The average molecular weight is 343 g/mol. The molecule has 1 unspecified atom stereocenters. The Balaban J connectivity index is 1.67. The normalized spacial score (nSPS) is 12.3. The monoisotopic (exact) mass is 342 g/mol. The van der Waals surface area contributed by atoms with Crippen molar-refractivity contribution in [2.75, 3.05) is 13.2 Å². The molecule has 0 saturated heterocycles. The van der Waals surface area contributed by atoms with E-state index in [0.29, 0.717) is 13.1 Å². The van der Waals surface area contributed by atoms with Crippen LogP contribution in [0.3, 0.4) is 0 Å². The summed E-state index contributed by atoms with van der Waals surface area (Å²) in [5.41, 5.74) is 2.78. The average Bonchev–Trinajstić information content (AvgIpc) is 2.91. The molecule has 0 amide bonds. The third-order valence-corrected chi connectivity index (χ3v) is 3.73. The van der Waals surface area contributed by atoms with Crippen molar-refractivity contribution in [1.29, 1.82) is 0 Å². The molecule has 2 N–H and O–H groups in total.